The van der Waals surface area contributed by atoms with Crippen LogP contribution in [-0.2, 0) is 9.47 Å². The highest BCUT2D eigenvalue weighted by atomic mass is 16.5. The van der Waals surface area contributed by atoms with Gasteiger partial charge in [-0.15, -0.1) is 0 Å². The van der Waals surface area contributed by atoms with Gasteiger partial charge in [0, 0.05) is 26.4 Å². The second kappa shape index (κ2) is 9.96. The Labute approximate surface area is 81.8 Å². The first-order chi connectivity index (χ1) is 6.35. The first-order valence-electron chi connectivity index (χ1n) is 5.09. The van der Waals surface area contributed by atoms with E-state index < -0.39 is 0 Å². The second-order valence-corrected chi connectivity index (χ2v) is 3.13. The number of likely N-dealkylation sites (N-methyl/N-ethyl adjacent to an activating group) is 1. The highest BCUT2D eigenvalue weighted by Crippen LogP contribution is 2.01. The first kappa shape index (κ1) is 12.9. The van der Waals surface area contributed by atoms with Gasteiger partial charge in [0.05, 0.1) is 6.61 Å². The van der Waals surface area contributed by atoms with Crippen molar-refractivity contribution in [1.82, 2.24) is 5.32 Å². The van der Waals surface area contributed by atoms with Crippen molar-refractivity contribution in [1.29, 1.82) is 0 Å². The Morgan fingerprint density at radius 1 is 1.31 bits per heavy atom. The fourth-order valence-electron chi connectivity index (χ4n) is 1.25. The van der Waals surface area contributed by atoms with E-state index >= 15 is 0 Å². The Bertz CT molecular complexity index is 98.9. The molecule has 1 unspecified atom stereocenters. The summed E-state index contributed by atoms with van der Waals surface area (Å²) >= 11 is 0. The summed E-state index contributed by atoms with van der Waals surface area (Å²) in [5.74, 6) is 0. The van der Waals surface area contributed by atoms with Crippen LogP contribution in [0, 0.1) is 0 Å². The third kappa shape index (κ3) is 8.22. The molecule has 0 aromatic heterocycles. The van der Waals surface area contributed by atoms with Crippen LogP contribution in [0.3, 0.4) is 0 Å². The maximum Gasteiger partial charge on any atom is 0.0615 e. The van der Waals surface area contributed by atoms with Crippen LogP contribution in [0.5, 0.6) is 0 Å². The molecule has 1 N–H and O–H groups in total. The summed E-state index contributed by atoms with van der Waals surface area (Å²) in [6.45, 7) is 4.54. The van der Waals surface area contributed by atoms with E-state index in [1.807, 2.05) is 14.0 Å². The van der Waals surface area contributed by atoms with E-state index in [1.54, 1.807) is 7.11 Å². The summed E-state index contributed by atoms with van der Waals surface area (Å²) in [7, 11) is 3.72. The fraction of sp³-hybridized carbons (Fsp3) is 1.00. The zero-order chi connectivity index (χ0) is 9.94. The lowest BCUT2D eigenvalue weighted by atomic mass is 10.1. The minimum atomic E-state index is 0.492. The molecule has 3 nitrogen and oxygen atoms in total. The number of nitrogens with one attached hydrogen (secondary N) is 1. The van der Waals surface area contributed by atoms with Crippen molar-refractivity contribution in [3.8, 4) is 0 Å². The predicted octanol–water partition coefficient (Wildman–Crippen LogP) is 1.43. The van der Waals surface area contributed by atoms with E-state index in [0.717, 1.165) is 32.7 Å². The van der Waals surface area contributed by atoms with Crippen LogP contribution in [0.25, 0.3) is 0 Å². The Kier molecular flexibility index (Phi) is 9.87. The zero-order valence-electron chi connectivity index (χ0n) is 9.14. The van der Waals surface area contributed by atoms with Gasteiger partial charge in [0.25, 0.3) is 0 Å². The molecule has 0 aliphatic heterocycles. The maximum atomic E-state index is 5.26. The van der Waals surface area contributed by atoms with Crippen LogP contribution >= 0.6 is 0 Å². The summed E-state index contributed by atoms with van der Waals surface area (Å²) in [6.07, 6.45) is 3.52. The standard InChI is InChI=1S/C10H23NO2/c1-4-13-8-6-5-7-10(11-2)9-12-3/h10-11H,4-9H2,1-3H3. The van der Waals surface area contributed by atoms with E-state index in [4.69, 9.17) is 9.47 Å². The highest BCUT2D eigenvalue weighted by Gasteiger charge is 2.03. The molecule has 0 aromatic rings. The lowest BCUT2D eigenvalue weighted by Crippen LogP contribution is -2.29. The lowest BCUT2D eigenvalue weighted by molar-refractivity contribution is 0.137. The predicted molar refractivity (Wildman–Crippen MR) is 55.1 cm³/mol. The molecule has 0 rings (SSSR count). The molecule has 0 aromatic carbocycles. The number of ether oxygens (including phenoxy) is 2. The summed E-state index contributed by atoms with van der Waals surface area (Å²) in [5, 5.41) is 3.23. The van der Waals surface area contributed by atoms with E-state index in [0.29, 0.717) is 6.04 Å². The van der Waals surface area contributed by atoms with Crippen molar-refractivity contribution in [3.63, 3.8) is 0 Å². The quantitative estimate of drug-likeness (QED) is 0.557. The van der Waals surface area contributed by atoms with Gasteiger partial charge in [0.1, 0.15) is 0 Å². The molecule has 13 heavy (non-hydrogen) atoms. The summed E-state index contributed by atoms with van der Waals surface area (Å²) in [5.41, 5.74) is 0. The molecular formula is C10H23NO2. The van der Waals surface area contributed by atoms with Crippen molar-refractivity contribution in [2.75, 3.05) is 34.0 Å². The van der Waals surface area contributed by atoms with Crippen LogP contribution in [0.2, 0.25) is 0 Å². The van der Waals surface area contributed by atoms with Crippen molar-refractivity contribution >= 4 is 0 Å². The Balaban J connectivity index is 3.17. The summed E-state index contributed by atoms with van der Waals surface area (Å²) < 4.78 is 10.3. The molecule has 0 heterocycles. The third-order valence-electron chi connectivity index (χ3n) is 2.07. The van der Waals surface area contributed by atoms with Crippen molar-refractivity contribution in [2.45, 2.75) is 32.2 Å². The molecule has 0 saturated carbocycles. The van der Waals surface area contributed by atoms with Gasteiger partial charge in [-0.3, -0.25) is 0 Å². The molecule has 0 saturated heterocycles. The van der Waals surface area contributed by atoms with E-state index in [1.165, 1.54) is 6.42 Å². The number of hydrogen-bond acceptors (Lipinski definition) is 3. The van der Waals surface area contributed by atoms with Crippen LogP contribution in [0.1, 0.15) is 26.2 Å². The average molecular weight is 189 g/mol. The number of hydrogen-bond donors (Lipinski definition) is 1. The molecule has 80 valence electrons. The van der Waals surface area contributed by atoms with Gasteiger partial charge in [0.2, 0.25) is 0 Å². The Hall–Kier alpha value is -0.120. The molecule has 0 radical (unpaired) electrons. The minimum Gasteiger partial charge on any atom is -0.383 e. The van der Waals surface area contributed by atoms with Crippen LogP contribution in [0.4, 0.5) is 0 Å². The van der Waals surface area contributed by atoms with Gasteiger partial charge in [0.15, 0.2) is 0 Å². The maximum absolute atomic E-state index is 5.26. The highest BCUT2D eigenvalue weighted by molar-refractivity contribution is 4.62. The monoisotopic (exact) mass is 189 g/mol. The van der Waals surface area contributed by atoms with Crippen molar-refractivity contribution in [3.05, 3.63) is 0 Å². The van der Waals surface area contributed by atoms with Gasteiger partial charge in [-0.25, -0.2) is 0 Å². The molecule has 0 aliphatic carbocycles. The Morgan fingerprint density at radius 3 is 2.62 bits per heavy atom. The minimum absolute atomic E-state index is 0.492. The van der Waals surface area contributed by atoms with Crippen LogP contribution < -0.4 is 5.32 Å². The van der Waals surface area contributed by atoms with Gasteiger partial charge >= 0.3 is 0 Å². The fourth-order valence-corrected chi connectivity index (χ4v) is 1.25. The Morgan fingerprint density at radius 2 is 2.08 bits per heavy atom. The SMILES string of the molecule is CCOCCCCC(COC)NC. The van der Waals surface area contributed by atoms with Gasteiger partial charge in [-0.1, -0.05) is 0 Å². The normalized spacial score (nSPS) is 13.2. The number of unbranched alkanes of at least 4 members (excludes halogenated alkanes) is 1. The smallest absolute Gasteiger partial charge is 0.0615 e. The molecule has 3 heteroatoms. The number of rotatable bonds is 9. The molecular weight excluding hydrogens is 166 g/mol. The van der Waals surface area contributed by atoms with Gasteiger partial charge in [-0.2, -0.15) is 0 Å². The first-order valence-corrected chi connectivity index (χ1v) is 5.09. The lowest BCUT2D eigenvalue weighted by Gasteiger charge is -2.14. The van der Waals surface area contributed by atoms with Crippen LogP contribution in [-0.4, -0.2) is 40.0 Å². The summed E-state index contributed by atoms with van der Waals surface area (Å²) in [6, 6.07) is 0.492. The molecule has 0 amide bonds. The van der Waals surface area contributed by atoms with Crippen LogP contribution in [0.15, 0.2) is 0 Å². The van der Waals surface area contributed by atoms with E-state index in [9.17, 15) is 0 Å². The van der Waals surface area contributed by atoms with E-state index in [-0.39, 0.29) is 0 Å². The number of methoxy groups -OCH3 is 1. The molecule has 0 fully saturated rings. The van der Waals surface area contributed by atoms with E-state index in [2.05, 4.69) is 5.32 Å². The zero-order valence-corrected chi connectivity index (χ0v) is 9.14. The third-order valence-corrected chi connectivity index (χ3v) is 2.07. The summed E-state index contributed by atoms with van der Waals surface area (Å²) in [4.78, 5) is 0. The average Bonchev–Trinajstić information content (AvgIpc) is 2.16. The topological polar surface area (TPSA) is 30.5 Å². The molecule has 1 atom stereocenters. The molecule has 0 bridgehead atoms. The van der Waals surface area contributed by atoms with Gasteiger partial charge < -0.3 is 14.8 Å². The molecule has 0 spiro atoms. The molecule has 0 aliphatic rings. The van der Waals surface area contributed by atoms with Gasteiger partial charge in [-0.05, 0) is 33.2 Å². The van der Waals surface area contributed by atoms with Crippen molar-refractivity contribution < 1.29 is 9.47 Å². The van der Waals surface area contributed by atoms with Crippen molar-refractivity contribution in [2.24, 2.45) is 0 Å². The largest absolute Gasteiger partial charge is 0.383 e. The second-order valence-electron chi connectivity index (χ2n) is 3.13.